The average Bonchev–Trinajstić information content (AvgIpc) is 2.36. The van der Waals surface area contributed by atoms with Gasteiger partial charge in [0, 0.05) is 13.1 Å². The summed E-state index contributed by atoms with van der Waals surface area (Å²) in [6.07, 6.45) is 4.10. The second-order valence-corrected chi connectivity index (χ2v) is 3.80. The van der Waals surface area contributed by atoms with Gasteiger partial charge in [-0.2, -0.15) is 0 Å². The zero-order chi connectivity index (χ0) is 13.3. The molecule has 2 heterocycles. The van der Waals surface area contributed by atoms with E-state index in [4.69, 9.17) is 5.73 Å². The van der Waals surface area contributed by atoms with Crippen molar-refractivity contribution >= 4 is 12.1 Å². The average molecular weight is 250 g/mol. The van der Waals surface area contributed by atoms with E-state index in [1.807, 2.05) is 0 Å². The molecule has 2 rings (SSSR count). The van der Waals surface area contributed by atoms with Crippen molar-refractivity contribution in [2.24, 2.45) is 5.73 Å². The van der Waals surface area contributed by atoms with Gasteiger partial charge in [0.25, 0.3) is 0 Å². The number of nitrogens with one attached hydrogen (secondary N) is 1. The first-order valence-electron chi connectivity index (χ1n) is 5.21. The number of hydrogen-bond acceptors (Lipinski definition) is 5. The van der Waals surface area contributed by atoms with Gasteiger partial charge in [0.2, 0.25) is 6.29 Å². The van der Waals surface area contributed by atoms with E-state index in [1.54, 1.807) is 22.9 Å². The van der Waals surface area contributed by atoms with Crippen molar-refractivity contribution in [3.8, 4) is 0 Å². The summed E-state index contributed by atoms with van der Waals surface area (Å²) in [5.74, 6) is -0.613. The number of carbonyl (C=O) groups is 1. The molecule has 8 heteroatoms. The summed E-state index contributed by atoms with van der Waals surface area (Å²) in [4.78, 5) is 23.2. The van der Waals surface area contributed by atoms with Crippen molar-refractivity contribution in [2.75, 3.05) is 13.6 Å². The molecule has 0 saturated carbocycles. The molecule has 0 saturated heterocycles. The third kappa shape index (κ3) is 1.90. The smallest absolute Gasteiger partial charge is 0.284 e. The normalized spacial score (nSPS) is 23.0. The Labute approximate surface area is 103 Å². The van der Waals surface area contributed by atoms with Gasteiger partial charge >= 0.3 is 17.4 Å². The highest BCUT2D eigenvalue weighted by Gasteiger charge is 2.44. The molecule has 94 valence electrons. The molecule has 0 aromatic carbocycles. The van der Waals surface area contributed by atoms with Gasteiger partial charge in [-0.15, -0.1) is 5.73 Å². The molecule has 8 nitrogen and oxygen atoms in total. The molecule has 0 aliphatic carbocycles. The lowest BCUT2D eigenvalue weighted by atomic mass is 10.3. The SMILES string of the molecule is CN1C(=O)C([N+](=O)[O-])=C([N+]2=CC=C=CC2)N[C@H]1N. The molecule has 3 N–H and O–H groups in total. The third-order valence-corrected chi connectivity index (χ3v) is 2.68. The molecule has 0 unspecified atom stereocenters. The highest BCUT2D eigenvalue weighted by Crippen LogP contribution is 2.14. The molecular formula is C10H12N5O3+. The predicted octanol–water partition coefficient (Wildman–Crippen LogP) is -1.46. The first-order valence-corrected chi connectivity index (χ1v) is 5.21. The lowest BCUT2D eigenvalue weighted by Crippen LogP contribution is -2.59. The van der Waals surface area contributed by atoms with Gasteiger partial charge in [-0.1, -0.05) is 0 Å². The number of nitrogens with two attached hydrogens (primary N) is 1. The molecule has 0 fully saturated rings. The molecule has 0 radical (unpaired) electrons. The van der Waals surface area contributed by atoms with E-state index in [1.165, 1.54) is 7.05 Å². The number of likely N-dealkylation sites (N-methyl/N-ethyl adjacent to an activating group) is 1. The molecule has 0 spiro atoms. The van der Waals surface area contributed by atoms with E-state index in [0.717, 1.165) is 4.90 Å². The molecule has 0 aromatic rings. The molecule has 1 atom stereocenters. The summed E-state index contributed by atoms with van der Waals surface area (Å²) in [7, 11) is 1.40. The monoisotopic (exact) mass is 250 g/mol. The van der Waals surface area contributed by atoms with Gasteiger partial charge in [0.15, 0.2) is 0 Å². The van der Waals surface area contributed by atoms with Gasteiger partial charge in [-0.3, -0.25) is 25.5 Å². The number of carbonyl (C=O) groups excluding carboxylic acids is 1. The maximum absolute atomic E-state index is 11.9. The Balaban J connectivity index is 2.51. The van der Waals surface area contributed by atoms with E-state index in [9.17, 15) is 14.9 Å². The Morgan fingerprint density at radius 2 is 2.44 bits per heavy atom. The standard InChI is InChI=1S/C10H11N5O3/c1-13-9(16)7(15(17)18)8(12-10(13)11)14-5-3-2-4-6-14/h3-5,10H,6,11H2,1H3/p+1/t10-/m1/s1. The van der Waals surface area contributed by atoms with E-state index in [0.29, 0.717) is 6.54 Å². The minimum atomic E-state index is -0.792. The van der Waals surface area contributed by atoms with Crippen LogP contribution in [0, 0.1) is 10.1 Å². The van der Waals surface area contributed by atoms with Gasteiger partial charge in [0.05, 0.1) is 11.1 Å². The van der Waals surface area contributed by atoms with Crippen LogP contribution in [0.5, 0.6) is 0 Å². The van der Waals surface area contributed by atoms with E-state index in [-0.39, 0.29) is 5.82 Å². The van der Waals surface area contributed by atoms with Crippen LogP contribution >= 0.6 is 0 Å². The molecule has 1 amide bonds. The van der Waals surface area contributed by atoms with Crippen LogP contribution in [0.2, 0.25) is 0 Å². The first-order chi connectivity index (χ1) is 8.52. The Morgan fingerprint density at radius 1 is 1.72 bits per heavy atom. The number of nitro groups is 1. The number of nitrogens with zero attached hydrogens (tertiary/aromatic N) is 3. The van der Waals surface area contributed by atoms with Crippen LogP contribution in [-0.2, 0) is 4.79 Å². The fourth-order valence-electron chi connectivity index (χ4n) is 1.66. The van der Waals surface area contributed by atoms with Gasteiger partial charge < -0.3 is 0 Å². The molecule has 2 aliphatic heterocycles. The summed E-state index contributed by atoms with van der Waals surface area (Å²) in [6.45, 7) is 0.389. The van der Waals surface area contributed by atoms with E-state index < -0.39 is 22.8 Å². The van der Waals surface area contributed by atoms with Crippen LogP contribution in [0.25, 0.3) is 0 Å². The van der Waals surface area contributed by atoms with Gasteiger partial charge in [-0.05, 0) is 6.08 Å². The fraction of sp³-hybridized carbons (Fsp3) is 0.300. The highest BCUT2D eigenvalue weighted by atomic mass is 16.6. The van der Waals surface area contributed by atoms with Crippen LogP contribution in [0.15, 0.2) is 29.4 Å². The lowest BCUT2D eigenvalue weighted by Gasteiger charge is -2.26. The van der Waals surface area contributed by atoms with Crippen LogP contribution in [0.3, 0.4) is 0 Å². The van der Waals surface area contributed by atoms with Crippen LogP contribution in [0.1, 0.15) is 0 Å². The van der Waals surface area contributed by atoms with Crippen molar-refractivity contribution in [1.82, 2.24) is 10.2 Å². The second kappa shape index (κ2) is 4.44. The quantitative estimate of drug-likeness (QED) is 0.270. The number of amides is 1. The van der Waals surface area contributed by atoms with Crippen molar-refractivity contribution in [3.63, 3.8) is 0 Å². The minimum Gasteiger partial charge on any atom is -0.284 e. The van der Waals surface area contributed by atoms with Crippen molar-refractivity contribution in [1.29, 1.82) is 0 Å². The Hall–Kier alpha value is -2.44. The summed E-state index contributed by atoms with van der Waals surface area (Å²) < 4.78 is 1.54. The Kier molecular flexibility index (Phi) is 2.97. The second-order valence-electron chi connectivity index (χ2n) is 3.80. The first kappa shape index (κ1) is 12.0. The Morgan fingerprint density at radius 3 is 3.00 bits per heavy atom. The van der Waals surface area contributed by atoms with E-state index in [2.05, 4.69) is 11.0 Å². The van der Waals surface area contributed by atoms with Crippen LogP contribution in [-0.4, -0.2) is 46.4 Å². The van der Waals surface area contributed by atoms with Crippen molar-refractivity contribution in [2.45, 2.75) is 6.29 Å². The molecule has 2 aliphatic rings. The van der Waals surface area contributed by atoms with Crippen molar-refractivity contribution in [3.05, 3.63) is 39.5 Å². The molecule has 0 aromatic heterocycles. The minimum absolute atomic E-state index is 0.101. The van der Waals surface area contributed by atoms with Crippen LogP contribution < -0.4 is 11.1 Å². The molecule has 18 heavy (non-hydrogen) atoms. The zero-order valence-electron chi connectivity index (χ0n) is 9.66. The van der Waals surface area contributed by atoms with Crippen LogP contribution in [0.4, 0.5) is 0 Å². The van der Waals surface area contributed by atoms with Crippen molar-refractivity contribution < 1.29 is 14.3 Å². The zero-order valence-corrected chi connectivity index (χ0v) is 9.66. The summed E-state index contributed by atoms with van der Waals surface area (Å²) in [6, 6.07) is 0. The summed E-state index contributed by atoms with van der Waals surface area (Å²) in [5.41, 5.74) is 8.01. The fourth-order valence-corrected chi connectivity index (χ4v) is 1.66. The molecular weight excluding hydrogens is 238 g/mol. The topological polar surface area (TPSA) is 105 Å². The summed E-state index contributed by atoms with van der Waals surface area (Å²) >= 11 is 0. The van der Waals surface area contributed by atoms with Gasteiger partial charge in [0.1, 0.15) is 6.54 Å². The largest absolute Gasteiger partial charge is 0.421 e. The van der Waals surface area contributed by atoms with Gasteiger partial charge in [-0.25, -0.2) is 9.89 Å². The Bertz CT molecular complexity index is 542. The predicted molar refractivity (Wildman–Crippen MR) is 61.7 cm³/mol. The van der Waals surface area contributed by atoms with E-state index >= 15 is 0 Å². The maximum atomic E-state index is 11.9. The number of rotatable bonds is 2. The third-order valence-electron chi connectivity index (χ3n) is 2.68. The summed E-state index contributed by atoms with van der Waals surface area (Å²) in [5, 5.41) is 13.8. The molecule has 0 bridgehead atoms. The maximum Gasteiger partial charge on any atom is 0.421 e. The highest BCUT2D eigenvalue weighted by molar-refractivity contribution is 5.92. The number of hydrogen-bond donors (Lipinski definition) is 2. The lowest BCUT2D eigenvalue weighted by molar-refractivity contribution is -0.497.